The van der Waals surface area contributed by atoms with Crippen molar-refractivity contribution in [3.63, 3.8) is 0 Å². The molecule has 0 atom stereocenters. The Bertz CT molecular complexity index is 319. The van der Waals surface area contributed by atoms with E-state index in [1.54, 1.807) is 0 Å². The van der Waals surface area contributed by atoms with Gasteiger partial charge in [-0.15, -0.1) is 0 Å². The van der Waals surface area contributed by atoms with E-state index >= 15 is 0 Å². The first-order chi connectivity index (χ1) is 7.11. The van der Waals surface area contributed by atoms with Crippen molar-refractivity contribution in [3.8, 4) is 0 Å². The van der Waals surface area contributed by atoms with Crippen molar-refractivity contribution in [3.05, 3.63) is 0 Å². The molecule has 96 valence electrons. The molecule has 0 aromatic heterocycles. The van der Waals surface area contributed by atoms with Gasteiger partial charge in [0.1, 0.15) is 0 Å². The molecule has 0 bridgehead atoms. The molecule has 4 N–H and O–H groups in total. The highest BCUT2D eigenvalue weighted by molar-refractivity contribution is 7.72. The average Bonchev–Trinajstić information content (AvgIpc) is 2.14. The summed E-state index contributed by atoms with van der Waals surface area (Å²) in [5.74, 6) is 0. The standard InChI is InChI=1S/C6H15NO7P2/c1-6(15(8,9)10,16(11,12)13)7-2-4-14-5-3-7/h2-5H2,1H3,(H2,8,9,10)(H2,11,12,13). The fourth-order valence-corrected chi connectivity index (χ4v) is 4.02. The number of morpholine rings is 1. The van der Waals surface area contributed by atoms with E-state index in [9.17, 15) is 9.13 Å². The molecule has 10 heteroatoms. The smallest absolute Gasteiger partial charge is 0.357 e. The van der Waals surface area contributed by atoms with Crippen LogP contribution in [0, 0.1) is 0 Å². The van der Waals surface area contributed by atoms with Crippen LogP contribution in [-0.4, -0.2) is 55.8 Å². The lowest BCUT2D eigenvalue weighted by Gasteiger charge is -2.42. The van der Waals surface area contributed by atoms with Gasteiger partial charge in [-0.05, 0) is 6.92 Å². The first kappa shape index (κ1) is 14.3. The Balaban J connectivity index is 3.14. The quantitative estimate of drug-likeness (QED) is 0.500. The molecule has 0 amide bonds. The highest BCUT2D eigenvalue weighted by atomic mass is 31.2. The van der Waals surface area contributed by atoms with E-state index in [1.165, 1.54) is 0 Å². The highest BCUT2D eigenvalue weighted by Gasteiger charge is 2.60. The number of hydrogen-bond donors (Lipinski definition) is 4. The number of rotatable bonds is 3. The zero-order valence-corrected chi connectivity index (χ0v) is 10.5. The molecule has 16 heavy (non-hydrogen) atoms. The molecule has 1 saturated heterocycles. The first-order valence-electron chi connectivity index (χ1n) is 4.55. The van der Waals surface area contributed by atoms with E-state index in [-0.39, 0.29) is 26.3 Å². The lowest BCUT2D eigenvalue weighted by Crippen LogP contribution is -2.51. The summed E-state index contributed by atoms with van der Waals surface area (Å²) in [6.45, 7) is 1.42. The molecule has 0 radical (unpaired) electrons. The van der Waals surface area contributed by atoms with Crippen molar-refractivity contribution in [2.24, 2.45) is 0 Å². The number of hydrogen-bond acceptors (Lipinski definition) is 4. The van der Waals surface area contributed by atoms with Crippen LogP contribution in [0.15, 0.2) is 0 Å². The van der Waals surface area contributed by atoms with E-state index in [4.69, 9.17) is 24.3 Å². The third-order valence-corrected chi connectivity index (χ3v) is 7.05. The molecule has 8 nitrogen and oxygen atoms in total. The van der Waals surface area contributed by atoms with E-state index < -0.39 is 20.2 Å². The van der Waals surface area contributed by atoms with Gasteiger partial charge in [-0.3, -0.25) is 14.0 Å². The van der Waals surface area contributed by atoms with Crippen molar-refractivity contribution < 1.29 is 33.4 Å². The minimum atomic E-state index is -4.97. The van der Waals surface area contributed by atoms with Gasteiger partial charge in [0.05, 0.1) is 13.2 Å². The van der Waals surface area contributed by atoms with Gasteiger partial charge in [0.2, 0.25) is 5.02 Å². The van der Waals surface area contributed by atoms with Crippen molar-refractivity contribution in [2.75, 3.05) is 26.3 Å². The van der Waals surface area contributed by atoms with E-state index in [1.807, 2.05) is 0 Å². The third-order valence-electron chi connectivity index (χ3n) is 2.71. The Morgan fingerprint density at radius 3 is 1.75 bits per heavy atom. The van der Waals surface area contributed by atoms with Gasteiger partial charge in [-0.25, -0.2) is 0 Å². The Hall–Kier alpha value is 0.220. The van der Waals surface area contributed by atoms with E-state index in [2.05, 4.69) is 0 Å². The summed E-state index contributed by atoms with van der Waals surface area (Å²) in [4.78, 5) is 37.7. The summed E-state index contributed by atoms with van der Waals surface area (Å²) < 4.78 is 27.6. The largest absolute Gasteiger partial charge is 0.379 e. The predicted octanol–water partition coefficient (Wildman–Crippen LogP) is -0.652. The van der Waals surface area contributed by atoms with Crippen molar-refractivity contribution >= 4 is 15.2 Å². The second kappa shape index (κ2) is 4.48. The molecule has 1 heterocycles. The maximum atomic E-state index is 11.3. The molecule has 0 aromatic rings. The van der Waals surface area contributed by atoms with Crippen LogP contribution in [0.1, 0.15) is 6.92 Å². The summed E-state index contributed by atoms with van der Waals surface area (Å²) in [6.07, 6.45) is 0. The van der Waals surface area contributed by atoms with Crippen molar-refractivity contribution in [2.45, 2.75) is 11.9 Å². The third kappa shape index (κ3) is 2.39. The number of nitrogens with zero attached hydrogens (tertiary/aromatic N) is 1. The van der Waals surface area contributed by atoms with Gasteiger partial charge in [-0.1, -0.05) is 0 Å². The van der Waals surface area contributed by atoms with Crippen LogP contribution in [0.4, 0.5) is 0 Å². The molecule has 1 fully saturated rings. The molecule has 1 aliphatic heterocycles. The molecule has 0 spiro atoms. The van der Waals surface area contributed by atoms with Crippen LogP contribution in [0.3, 0.4) is 0 Å². The van der Waals surface area contributed by atoms with Gasteiger partial charge in [0.15, 0.2) is 0 Å². The zero-order chi connectivity index (χ0) is 12.6. The van der Waals surface area contributed by atoms with Crippen LogP contribution in [0.2, 0.25) is 0 Å². The Morgan fingerprint density at radius 1 is 1.06 bits per heavy atom. The molecule has 0 aromatic carbocycles. The SMILES string of the molecule is CC(N1CCOCC1)(P(=O)(O)O)P(=O)(O)O. The van der Waals surface area contributed by atoms with Gasteiger partial charge in [0, 0.05) is 13.1 Å². The van der Waals surface area contributed by atoms with Gasteiger partial charge in [-0.2, -0.15) is 0 Å². The van der Waals surface area contributed by atoms with Crippen LogP contribution < -0.4 is 0 Å². The minimum Gasteiger partial charge on any atom is -0.379 e. The maximum absolute atomic E-state index is 11.3. The van der Waals surface area contributed by atoms with Crippen LogP contribution in [0.25, 0.3) is 0 Å². The summed E-state index contributed by atoms with van der Waals surface area (Å²) in [7, 11) is -9.94. The summed E-state index contributed by atoms with van der Waals surface area (Å²) in [5, 5.41) is -2.47. The Kier molecular flexibility index (Phi) is 4.00. The molecule has 0 unspecified atom stereocenters. The fourth-order valence-electron chi connectivity index (χ4n) is 1.53. The molecule has 1 aliphatic rings. The monoisotopic (exact) mass is 275 g/mol. The Labute approximate surface area is 92.5 Å². The van der Waals surface area contributed by atoms with Crippen LogP contribution >= 0.6 is 15.2 Å². The fraction of sp³-hybridized carbons (Fsp3) is 1.00. The van der Waals surface area contributed by atoms with E-state index in [0.717, 1.165) is 11.8 Å². The van der Waals surface area contributed by atoms with Crippen LogP contribution in [-0.2, 0) is 13.9 Å². The number of ether oxygens (including phenoxy) is 1. The van der Waals surface area contributed by atoms with Gasteiger partial charge >= 0.3 is 15.2 Å². The summed E-state index contributed by atoms with van der Waals surface area (Å²) in [5.41, 5.74) is 0. The van der Waals surface area contributed by atoms with Crippen LogP contribution in [0.5, 0.6) is 0 Å². The topological polar surface area (TPSA) is 128 Å². The zero-order valence-electron chi connectivity index (χ0n) is 8.68. The molecule has 0 saturated carbocycles. The molecule has 1 rings (SSSR count). The first-order valence-corrected chi connectivity index (χ1v) is 7.77. The lowest BCUT2D eigenvalue weighted by atomic mass is 10.4. The molecular formula is C6H15NO7P2. The molecular weight excluding hydrogens is 260 g/mol. The van der Waals surface area contributed by atoms with Crippen molar-refractivity contribution in [1.29, 1.82) is 0 Å². The second-order valence-electron chi connectivity index (χ2n) is 3.66. The Morgan fingerprint density at radius 2 is 1.44 bits per heavy atom. The maximum Gasteiger partial charge on any atom is 0.357 e. The van der Waals surface area contributed by atoms with Crippen molar-refractivity contribution in [1.82, 2.24) is 4.90 Å². The van der Waals surface area contributed by atoms with E-state index in [0.29, 0.717) is 0 Å². The summed E-state index contributed by atoms with van der Waals surface area (Å²) in [6, 6.07) is 0. The van der Waals surface area contributed by atoms with Gasteiger partial charge < -0.3 is 24.3 Å². The second-order valence-corrected chi connectivity index (χ2v) is 7.93. The normalized spacial score (nSPS) is 21.1. The average molecular weight is 275 g/mol. The summed E-state index contributed by atoms with van der Waals surface area (Å²) >= 11 is 0. The van der Waals surface area contributed by atoms with Gasteiger partial charge in [0.25, 0.3) is 0 Å². The predicted molar refractivity (Wildman–Crippen MR) is 54.9 cm³/mol. The lowest BCUT2D eigenvalue weighted by molar-refractivity contribution is 0.0161. The highest BCUT2D eigenvalue weighted by Crippen LogP contribution is 2.70. The molecule has 0 aliphatic carbocycles. The minimum absolute atomic E-state index is 0.0761.